The lowest BCUT2D eigenvalue weighted by atomic mass is 10.1. The summed E-state index contributed by atoms with van der Waals surface area (Å²) in [6.45, 7) is 0.179. The number of halogens is 1. The zero-order valence-corrected chi connectivity index (χ0v) is 10.6. The SMILES string of the molecule is N#Cc1ccccc1CNC(=O)c1cc(F)ccc1N. The number of anilines is 1. The number of nitrogen functional groups attached to an aromatic ring is 1. The second kappa shape index (κ2) is 5.85. The zero-order valence-electron chi connectivity index (χ0n) is 10.6. The van der Waals surface area contributed by atoms with E-state index in [2.05, 4.69) is 5.32 Å². The average Bonchev–Trinajstić information content (AvgIpc) is 2.47. The molecule has 20 heavy (non-hydrogen) atoms. The van der Waals surface area contributed by atoms with Crippen LogP contribution in [0.5, 0.6) is 0 Å². The molecule has 0 fully saturated rings. The first kappa shape index (κ1) is 13.6. The fourth-order valence-electron chi connectivity index (χ4n) is 1.78. The van der Waals surface area contributed by atoms with Crippen LogP contribution in [0.2, 0.25) is 0 Å². The maximum absolute atomic E-state index is 13.1. The van der Waals surface area contributed by atoms with Crippen LogP contribution >= 0.6 is 0 Å². The molecule has 0 aliphatic rings. The Morgan fingerprint density at radius 3 is 2.80 bits per heavy atom. The molecule has 4 nitrogen and oxygen atoms in total. The van der Waals surface area contributed by atoms with Crippen molar-refractivity contribution >= 4 is 11.6 Å². The molecule has 0 spiro atoms. The highest BCUT2D eigenvalue weighted by Crippen LogP contribution is 2.14. The minimum atomic E-state index is -0.526. The molecule has 2 aromatic carbocycles. The minimum Gasteiger partial charge on any atom is -0.398 e. The Labute approximate surface area is 115 Å². The van der Waals surface area contributed by atoms with Crippen LogP contribution in [0.25, 0.3) is 0 Å². The fourth-order valence-corrected chi connectivity index (χ4v) is 1.78. The third-order valence-corrected chi connectivity index (χ3v) is 2.84. The van der Waals surface area contributed by atoms with E-state index in [4.69, 9.17) is 11.0 Å². The van der Waals surface area contributed by atoms with E-state index in [9.17, 15) is 9.18 Å². The summed E-state index contributed by atoms with van der Waals surface area (Å²) in [5.41, 5.74) is 7.10. The van der Waals surface area contributed by atoms with Crippen LogP contribution in [0, 0.1) is 17.1 Å². The largest absolute Gasteiger partial charge is 0.398 e. The molecule has 0 heterocycles. The molecule has 3 N–H and O–H groups in total. The van der Waals surface area contributed by atoms with Crippen molar-refractivity contribution in [2.75, 3.05) is 5.73 Å². The highest BCUT2D eigenvalue weighted by Gasteiger charge is 2.11. The van der Waals surface area contributed by atoms with E-state index in [1.54, 1.807) is 24.3 Å². The topological polar surface area (TPSA) is 78.9 Å². The van der Waals surface area contributed by atoms with Crippen molar-refractivity contribution in [3.8, 4) is 6.07 Å². The lowest BCUT2D eigenvalue weighted by Crippen LogP contribution is -2.24. The molecule has 0 radical (unpaired) electrons. The summed E-state index contributed by atoms with van der Waals surface area (Å²) < 4.78 is 13.1. The minimum absolute atomic E-state index is 0.0828. The maximum atomic E-state index is 13.1. The molecule has 2 aromatic rings. The van der Waals surface area contributed by atoms with Crippen molar-refractivity contribution in [3.05, 3.63) is 65.0 Å². The molecule has 100 valence electrons. The molecule has 0 saturated carbocycles. The Morgan fingerprint density at radius 1 is 1.30 bits per heavy atom. The van der Waals surface area contributed by atoms with E-state index in [-0.39, 0.29) is 17.8 Å². The molecule has 0 atom stereocenters. The molecule has 5 heteroatoms. The highest BCUT2D eigenvalue weighted by atomic mass is 19.1. The number of nitrogens with two attached hydrogens (primary N) is 1. The van der Waals surface area contributed by atoms with Crippen molar-refractivity contribution in [1.29, 1.82) is 5.26 Å². The Bertz CT molecular complexity index is 692. The fraction of sp³-hybridized carbons (Fsp3) is 0.0667. The molecule has 1 amide bonds. The van der Waals surface area contributed by atoms with Crippen molar-refractivity contribution in [3.63, 3.8) is 0 Å². The number of nitriles is 1. The van der Waals surface area contributed by atoms with Gasteiger partial charge in [-0.2, -0.15) is 5.26 Å². The van der Waals surface area contributed by atoms with Gasteiger partial charge >= 0.3 is 0 Å². The van der Waals surface area contributed by atoms with Gasteiger partial charge in [0.15, 0.2) is 0 Å². The Balaban J connectivity index is 2.13. The van der Waals surface area contributed by atoms with Crippen LogP contribution in [-0.2, 0) is 6.54 Å². The van der Waals surface area contributed by atoms with Crippen LogP contribution in [0.4, 0.5) is 10.1 Å². The van der Waals surface area contributed by atoms with Crippen molar-refractivity contribution in [2.45, 2.75) is 6.54 Å². The van der Waals surface area contributed by atoms with Crippen LogP contribution in [0.15, 0.2) is 42.5 Å². The smallest absolute Gasteiger partial charge is 0.253 e. The van der Waals surface area contributed by atoms with Crippen LogP contribution in [0.3, 0.4) is 0 Å². The number of carbonyl (C=O) groups excluding carboxylic acids is 1. The van der Waals surface area contributed by atoms with Gasteiger partial charge in [0.25, 0.3) is 5.91 Å². The molecule has 0 aliphatic heterocycles. The predicted molar refractivity (Wildman–Crippen MR) is 73.1 cm³/mol. The van der Waals surface area contributed by atoms with Crippen molar-refractivity contribution < 1.29 is 9.18 Å². The molecular weight excluding hydrogens is 257 g/mol. The van der Waals surface area contributed by atoms with Gasteiger partial charge in [0, 0.05) is 12.2 Å². The number of amides is 1. The summed E-state index contributed by atoms with van der Waals surface area (Å²) in [6, 6.07) is 12.6. The Kier molecular flexibility index (Phi) is 3.96. The summed E-state index contributed by atoms with van der Waals surface area (Å²) >= 11 is 0. The second-order valence-electron chi connectivity index (χ2n) is 4.18. The molecule has 0 aromatic heterocycles. The van der Waals surface area contributed by atoms with Crippen LogP contribution in [0.1, 0.15) is 21.5 Å². The van der Waals surface area contributed by atoms with Gasteiger partial charge in [-0.1, -0.05) is 18.2 Å². The molecular formula is C15H12FN3O. The summed E-state index contributed by atoms with van der Waals surface area (Å²) in [5.74, 6) is -1.00. The lowest BCUT2D eigenvalue weighted by molar-refractivity contribution is 0.0951. The zero-order chi connectivity index (χ0) is 14.5. The summed E-state index contributed by atoms with van der Waals surface area (Å²) in [4.78, 5) is 11.9. The van der Waals surface area contributed by atoms with Gasteiger partial charge in [-0.25, -0.2) is 4.39 Å². The van der Waals surface area contributed by atoms with E-state index in [1.807, 2.05) is 6.07 Å². The highest BCUT2D eigenvalue weighted by molar-refractivity contribution is 5.99. The Hall–Kier alpha value is -2.87. The van der Waals surface area contributed by atoms with Gasteiger partial charge < -0.3 is 11.1 Å². The number of nitrogens with zero attached hydrogens (tertiary/aromatic N) is 1. The van der Waals surface area contributed by atoms with Crippen molar-refractivity contribution in [1.82, 2.24) is 5.32 Å². The Morgan fingerprint density at radius 2 is 2.05 bits per heavy atom. The number of rotatable bonds is 3. The molecule has 0 aliphatic carbocycles. The van der Waals surface area contributed by atoms with E-state index in [0.29, 0.717) is 11.1 Å². The first-order chi connectivity index (χ1) is 9.61. The first-order valence-electron chi connectivity index (χ1n) is 5.93. The first-order valence-corrected chi connectivity index (χ1v) is 5.93. The van der Waals surface area contributed by atoms with Gasteiger partial charge in [-0.3, -0.25) is 4.79 Å². The third kappa shape index (κ3) is 2.93. The molecule has 0 saturated heterocycles. The molecule has 0 unspecified atom stereocenters. The van der Waals surface area contributed by atoms with Gasteiger partial charge in [0.05, 0.1) is 17.2 Å². The predicted octanol–water partition coefficient (Wildman–Crippen LogP) is 2.21. The van der Waals surface area contributed by atoms with E-state index in [1.165, 1.54) is 12.1 Å². The maximum Gasteiger partial charge on any atom is 0.253 e. The number of nitrogens with one attached hydrogen (secondary N) is 1. The quantitative estimate of drug-likeness (QED) is 0.838. The van der Waals surface area contributed by atoms with Gasteiger partial charge in [-0.05, 0) is 29.8 Å². The summed E-state index contributed by atoms with van der Waals surface area (Å²) in [5, 5.41) is 11.6. The lowest BCUT2D eigenvalue weighted by Gasteiger charge is -2.08. The van der Waals surface area contributed by atoms with E-state index in [0.717, 1.165) is 6.07 Å². The standard InChI is InChI=1S/C15H12FN3O/c16-12-5-6-14(18)13(7-12)15(20)19-9-11-4-2-1-3-10(11)8-17/h1-7H,9,18H2,(H,19,20). The second-order valence-corrected chi connectivity index (χ2v) is 4.18. The molecule has 0 bridgehead atoms. The van der Waals surface area contributed by atoms with Crippen molar-refractivity contribution in [2.24, 2.45) is 0 Å². The van der Waals surface area contributed by atoms with Crippen LogP contribution < -0.4 is 11.1 Å². The summed E-state index contributed by atoms with van der Waals surface area (Å²) in [6.07, 6.45) is 0. The monoisotopic (exact) mass is 269 g/mol. The van der Waals surface area contributed by atoms with E-state index < -0.39 is 11.7 Å². The third-order valence-electron chi connectivity index (χ3n) is 2.84. The van der Waals surface area contributed by atoms with Gasteiger partial charge in [-0.15, -0.1) is 0 Å². The number of carbonyl (C=O) groups is 1. The number of hydrogen-bond donors (Lipinski definition) is 2. The normalized spacial score (nSPS) is 9.80. The van der Waals surface area contributed by atoms with Gasteiger partial charge in [0.1, 0.15) is 5.82 Å². The average molecular weight is 269 g/mol. The molecule has 2 rings (SSSR count). The number of hydrogen-bond acceptors (Lipinski definition) is 3. The summed E-state index contributed by atoms with van der Waals surface area (Å²) in [7, 11) is 0. The van der Waals surface area contributed by atoms with Gasteiger partial charge in [0.2, 0.25) is 0 Å². The number of benzene rings is 2. The van der Waals surface area contributed by atoms with Crippen LogP contribution in [-0.4, -0.2) is 5.91 Å². The van der Waals surface area contributed by atoms with E-state index >= 15 is 0 Å².